The summed E-state index contributed by atoms with van der Waals surface area (Å²) in [5, 5.41) is 9.29. The van der Waals surface area contributed by atoms with Crippen LogP contribution in [-0.4, -0.2) is 23.1 Å². The van der Waals surface area contributed by atoms with Crippen LogP contribution in [0.15, 0.2) is 12.1 Å². The van der Waals surface area contributed by atoms with Crippen molar-refractivity contribution in [1.82, 2.24) is 0 Å². The first-order chi connectivity index (χ1) is 14.4. The summed E-state index contributed by atoms with van der Waals surface area (Å²) in [6, 6.07) is 4.66. The zero-order valence-electron chi connectivity index (χ0n) is 18.8. The molecule has 1 aromatic carbocycles. The zero-order valence-corrected chi connectivity index (χ0v) is 18.8. The van der Waals surface area contributed by atoms with Crippen molar-refractivity contribution in [3.63, 3.8) is 0 Å². The van der Waals surface area contributed by atoms with Crippen LogP contribution in [0.1, 0.15) is 99.3 Å². The fraction of sp³-hybridized carbons (Fsp3) is 0.692. The van der Waals surface area contributed by atoms with Crippen molar-refractivity contribution in [2.24, 2.45) is 5.41 Å². The zero-order chi connectivity index (χ0) is 21.6. The van der Waals surface area contributed by atoms with Gasteiger partial charge in [-0.25, -0.2) is 0 Å². The number of unbranched alkanes of at least 4 members (excludes halogenated alkanes) is 4. The number of carbonyl (C=O) groups excluding carboxylic acids is 1. The molecule has 0 aromatic heterocycles. The van der Waals surface area contributed by atoms with Crippen molar-refractivity contribution in [1.29, 1.82) is 0 Å². The summed E-state index contributed by atoms with van der Waals surface area (Å²) in [5.74, 6) is -0.592. The highest BCUT2D eigenvalue weighted by molar-refractivity contribution is 5.77. The van der Waals surface area contributed by atoms with E-state index in [0.29, 0.717) is 6.47 Å². The highest BCUT2D eigenvalue weighted by Gasteiger charge is 2.49. The average Bonchev–Trinajstić information content (AvgIpc) is 3.62. The Labute approximate surface area is 181 Å². The molecule has 0 saturated heterocycles. The molecule has 0 spiro atoms. The third-order valence-electron chi connectivity index (χ3n) is 7.36. The van der Waals surface area contributed by atoms with Crippen LogP contribution >= 0.6 is 0 Å². The van der Waals surface area contributed by atoms with Gasteiger partial charge in [-0.05, 0) is 101 Å². The number of carboxylic acids is 1. The summed E-state index contributed by atoms with van der Waals surface area (Å²) in [7, 11) is 0. The van der Waals surface area contributed by atoms with Crippen molar-refractivity contribution in [2.75, 3.05) is 0 Å². The highest BCUT2D eigenvalue weighted by Crippen LogP contribution is 2.50. The Kier molecular flexibility index (Phi) is 7.60. The Bertz CT molecular complexity index is 744. The Morgan fingerprint density at radius 1 is 0.933 bits per heavy atom. The third kappa shape index (κ3) is 6.09. The van der Waals surface area contributed by atoms with Crippen LogP contribution in [0.5, 0.6) is 0 Å². The van der Waals surface area contributed by atoms with E-state index < -0.39 is 5.97 Å². The molecule has 2 aliphatic rings. The molecule has 0 amide bonds. The van der Waals surface area contributed by atoms with Crippen LogP contribution in [0.3, 0.4) is 0 Å². The van der Waals surface area contributed by atoms with Gasteiger partial charge in [0.2, 0.25) is 0 Å². The maximum absolute atomic E-state index is 11.3. The lowest BCUT2D eigenvalue weighted by Crippen LogP contribution is -2.14. The number of ether oxygens (including phenoxy) is 1. The lowest BCUT2D eigenvalue weighted by molar-refractivity contribution is -0.143. The largest absolute Gasteiger partial charge is 0.481 e. The molecule has 0 heterocycles. The summed E-state index contributed by atoms with van der Waals surface area (Å²) in [6.07, 6.45) is 14.6. The van der Waals surface area contributed by atoms with Crippen LogP contribution in [-0.2, 0) is 27.2 Å². The van der Waals surface area contributed by atoms with Crippen molar-refractivity contribution >= 4 is 12.4 Å². The molecule has 0 aliphatic heterocycles. The van der Waals surface area contributed by atoms with Crippen molar-refractivity contribution in [3.8, 4) is 0 Å². The van der Waals surface area contributed by atoms with E-state index in [9.17, 15) is 14.7 Å². The minimum Gasteiger partial charge on any atom is -0.481 e. The molecule has 1 N–H and O–H groups in total. The first-order valence-electron chi connectivity index (χ1n) is 11.8. The molecule has 30 heavy (non-hydrogen) atoms. The Hall–Kier alpha value is -1.84. The topological polar surface area (TPSA) is 63.6 Å². The fourth-order valence-electron chi connectivity index (χ4n) is 4.82. The van der Waals surface area contributed by atoms with Gasteiger partial charge in [0.25, 0.3) is 6.47 Å². The molecule has 2 saturated carbocycles. The van der Waals surface area contributed by atoms with E-state index in [1.54, 1.807) is 0 Å². The van der Waals surface area contributed by atoms with Gasteiger partial charge in [0.1, 0.15) is 5.60 Å². The molecule has 4 heteroatoms. The minimum atomic E-state index is -0.592. The lowest BCUT2D eigenvalue weighted by atomic mass is 9.91. The summed E-state index contributed by atoms with van der Waals surface area (Å²) in [4.78, 5) is 21.9. The van der Waals surface area contributed by atoms with E-state index in [-0.39, 0.29) is 11.0 Å². The molecule has 0 bridgehead atoms. The third-order valence-corrected chi connectivity index (χ3v) is 7.36. The van der Waals surface area contributed by atoms with E-state index in [1.165, 1.54) is 35.1 Å². The van der Waals surface area contributed by atoms with Crippen LogP contribution < -0.4 is 0 Å². The monoisotopic (exact) mass is 414 g/mol. The molecule has 166 valence electrons. The predicted octanol–water partition coefficient (Wildman–Crippen LogP) is 6.08. The summed E-state index contributed by atoms with van der Waals surface area (Å²) < 4.78 is 5.23. The van der Waals surface area contributed by atoms with Crippen LogP contribution in [0, 0.1) is 19.3 Å². The number of aryl methyl sites for hydroxylation is 3. The summed E-state index contributed by atoms with van der Waals surface area (Å²) in [6.45, 7) is 5.05. The normalized spacial score (nSPS) is 18.1. The molecule has 4 nitrogen and oxygen atoms in total. The van der Waals surface area contributed by atoms with Gasteiger partial charge in [-0.1, -0.05) is 37.0 Å². The van der Waals surface area contributed by atoms with Gasteiger partial charge in [0.15, 0.2) is 0 Å². The second kappa shape index (κ2) is 9.98. The van der Waals surface area contributed by atoms with Crippen molar-refractivity contribution in [2.45, 2.75) is 109 Å². The number of aliphatic carboxylic acids is 1. The minimum absolute atomic E-state index is 0.113. The summed E-state index contributed by atoms with van der Waals surface area (Å²) in [5.41, 5.74) is 5.22. The summed E-state index contributed by atoms with van der Waals surface area (Å²) >= 11 is 0. The van der Waals surface area contributed by atoms with Crippen molar-refractivity contribution in [3.05, 3.63) is 34.4 Å². The molecule has 0 atom stereocenters. The SMILES string of the molecule is Cc1cc(CCCCCC2(OC=O)CC2)c(C)c(CCCCCC2(C(=O)O)CC2)c1. The molecule has 1 aromatic rings. The quantitative estimate of drug-likeness (QED) is 0.279. The van der Waals surface area contributed by atoms with Gasteiger partial charge in [0, 0.05) is 0 Å². The second-order valence-corrected chi connectivity index (χ2v) is 9.81. The number of hydrogen-bond acceptors (Lipinski definition) is 3. The molecule has 2 fully saturated rings. The molecule has 0 unspecified atom stereocenters. The predicted molar refractivity (Wildman–Crippen MR) is 119 cm³/mol. The molecule has 3 rings (SSSR count). The van der Waals surface area contributed by atoms with Crippen molar-refractivity contribution < 1.29 is 19.4 Å². The first-order valence-corrected chi connectivity index (χ1v) is 11.8. The Balaban J connectivity index is 1.38. The molecule has 2 aliphatic carbocycles. The Morgan fingerprint density at radius 2 is 1.50 bits per heavy atom. The van der Waals surface area contributed by atoms with E-state index >= 15 is 0 Å². The van der Waals surface area contributed by atoms with Gasteiger partial charge in [-0.15, -0.1) is 0 Å². The van der Waals surface area contributed by atoms with Gasteiger partial charge < -0.3 is 9.84 Å². The smallest absolute Gasteiger partial charge is 0.309 e. The fourth-order valence-corrected chi connectivity index (χ4v) is 4.82. The first kappa shape index (κ1) is 22.8. The number of hydrogen-bond donors (Lipinski definition) is 1. The van der Waals surface area contributed by atoms with E-state index in [1.807, 2.05) is 0 Å². The molecule has 0 radical (unpaired) electrons. The average molecular weight is 415 g/mol. The van der Waals surface area contributed by atoms with Gasteiger partial charge in [-0.3, -0.25) is 9.59 Å². The Morgan fingerprint density at radius 3 is 1.97 bits per heavy atom. The van der Waals surface area contributed by atoms with Crippen LogP contribution in [0.2, 0.25) is 0 Å². The maximum Gasteiger partial charge on any atom is 0.309 e. The van der Waals surface area contributed by atoms with Gasteiger partial charge >= 0.3 is 5.97 Å². The number of carboxylic acid groups (broad SMARTS) is 1. The van der Waals surface area contributed by atoms with E-state index in [0.717, 1.165) is 77.0 Å². The lowest BCUT2D eigenvalue weighted by Gasteiger charge is -2.15. The van der Waals surface area contributed by atoms with E-state index in [2.05, 4.69) is 26.0 Å². The number of carbonyl (C=O) groups is 2. The van der Waals surface area contributed by atoms with Crippen LogP contribution in [0.4, 0.5) is 0 Å². The maximum atomic E-state index is 11.3. The number of benzene rings is 1. The van der Waals surface area contributed by atoms with Gasteiger partial charge in [0.05, 0.1) is 5.41 Å². The highest BCUT2D eigenvalue weighted by atomic mass is 16.5. The van der Waals surface area contributed by atoms with Crippen LogP contribution in [0.25, 0.3) is 0 Å². The second-order valence-electron chi connectivity index (χ2n) is 9.81. The van der Waals surface area contributed by atoms with Gasteiger partial charge in [-0.2, -0.15) is 0 Å². The number of rotatable bonds is 15. The standard InChI is InChI=1S/C26H38O4/c1-20-17-22(9-5-3-7-11-25(13-14-25)24(28)29)21(2)23(18-20)10-6-4-8-12-26(15-16-26)30-19-27/h17-19H,3-16H2,1-2H3,(H,28,29). The molecular formula is C26H38O4. The molecular weight excluding hydrogens is 376 g/mol. The van der Waals surface area contributed by atoms with E-state index in [4.69, 9.17) is 4.74 Å².